The van der Waals surface area contributed by atoms with E-state index in [1.54, 1.807) is 13.3 Å². The molecular weight excluding hydrogens is 365 g/mol. The van der Waals surface area contributed by atoms with Gasteiger partial charge in [0.15, 0.2) is 0 Å². The average Bonchev–Trinajstić information content (AvgIpc) is 3.04. The zero-order valence-corrected chi connectivity index (χ0v) is 16.5. The first-order valence-electron chi connectivity index (χ1n) is 7.57. The van der Waals surface area contributed by atoms with Crippen molar-refractivity contribution in [2.45, 2.75) is 32.4 Å². The molecule has 0 fully saturated rings. The lowest BCUT2D eigenvalue weighted by Crippen LogP contribution is -2.45. The summed E-state index contributed by atoms with van der Waals surface area (Å²) in [4.78, 5) is 4.04. The number of rotatable bonds is 9. The van der Waals surface area contributed by atoms with Gasteiger partial charge in [-0.25, -0.2) is 4.98 Å². The van der Waals surface area contributed by atoms with Crippen LogP contribution in [0.15, 0.2) is 43.0 Å². The predicted molar refractivity (Wildman–Crippen MR) is 106 cm³/mol. The molecule has 0 amide bonds. The first-order chi connectivity index (χ1) is 10.6. The molecule has 25 heavy (non-hydrogen) atoms. The second-order valence-electron chi connectivity index (χ2n) is 5.93. The number of nitrogens with one attached hydrogen (secondary N) is 1. The molecule has 2 rings (SSSR count). The van der Waals surface area contributed by atoms with Crippen molar-refractivity contribution in [1.29, 1.82) is 0 Å². The van der Waals surface area contributed by atoms with Gasteiger partial charge in [-0.15, -0.1) is 24.8 Å². The van der Waals surface area contributed by atoms with Gasteiger partial charge in [0.05, 0.1) is 13.4 Å². The quantitative estimate of drug-likeness (QED) is 0.664. The van der Waals surface area contributed by atoms with Gasteiger partial charge in [0.1, 0.15) is 18.1 Å². The number of hydrogen-bond acceptors (Lipinski definition) is 4. The molecule has 1 aromatic carbocycles. The summed E-state index contributed by atoms with van der Waals surface area (Å²) in [7, 11) is 1.66. The summed E-state index contributed by atoms with van der Waals surface area (Å²) in [5.74, 6) is 1.69. The second-order valence-corrected chi connectivity index (χ2v) is 5.93. The second kappa shape index (κ2) is 12.8. The van der Waals surface area contributed by atoms with Crippen LogP contribution in [-0.2, 0) is 6.54 Å². The molecule has 1 aromatic heterocycles. The highest BCUT2D eigenvalue weighted by molar-refractivity contribution is 5.85. The highest BCUT2D eigenvalue weighted by Gasteiger charge is 2.17. The van der Waals surface area contributed by atoms with Crippen LogP contribution in [0.5, 0.6) is 11.5 Å². The number of imidazole rings is 1. The molecule has 0 aliphatic heterocycles. The zero-order chi connectivity index (χ0) is 15.8. The Labute approximate surface area is 162 Å². The van der Waals surface area contributed by atoms with Crippen LogP contribution in [0.4, 0.5) is 0 Å². The fraction of sp³-hybridized carbons (Fsp3) is 0.471. The summed E-state index contributed by atoms with van der Waals surface area (Å²) >= 11 is 0. The van der Waals surface area contributed by atoms with Crippen molar-refractivity contribution in [2.75, 3.05) is 20.3 Å². The van der Waals surface area contributed by atoms with Crippen molar-refractivity contribution >= 4 is 24.8 Å². The Balaban J connectivity index is 0. The highest BCUT2D eigenvalue weighted by atomic mass is 35.5. The average molecular weight is 394 g/mol. The van der Waals surface area contributed by atoms with E-state index in [1.807, 2.05) is 36.8 Å². The number of aromatic nitrogens is 2. The SMILES string of the molecule is COc1ccc(OCC(C)(C)NCCCn2ccnc2)cc1.Cl.Cl.O. The summed E-state index contributed by atoms with van der Waals surface area (Å²) in [6.07, 6.45) is 6.69. The van der Waals surface area contributed by atoms with Gasteiger partial charge in [0, 0.05) is 24.5 Å². The molecular formula is C17H29Cl2N3O3. The van der Waals surface area contributed by atoms with E-state index in [9.17, 15) is 0 Å². The Hall–Kier alpha value is -1.47. The summed E-state index contributed by atoms with van der Waals surface area (Å²) < 4.78 is 13.1. The van der Waals surface area contributed by atoms with Crippen LogP contribution in [0.3, 0.4) is 0 Å². The number of hydrogen-bond donors (Lipinski definition) is 1. The smallest absolute Gasteiger partial charge is 0.119 e. The Morgan fingerprint density at radius 2 is 1.76 bits per heavy atom. The van der Waals surface area contributed by atoms with E-state index in [1.165, 1.54) is 0 Å². The summed E-state index contributed by atoms with van der Waals surface area (Å²) in [6.45, 7) is 6.82. The van der Waals surface area contributed by atoms with Crippen LogP contribution in [0.1, 0.15) is 20.3 Å². The van der Waals surface area contributed by atoms with Gasteiger partial charge >= 0.3 is 0 Å². The first kappa shape index (κ1) is 25.8. The van der Waals surface area contributed by atoms with Crippen LogP contribution in [0.2, 0.25) is 0 Å². The number of ether oxygens (including phenoxy) is 2. The molecule has 0 aliphatic rings. The largest absolute Gasteiger partial charge is 0.497 e. The van der Waals surface area contributed by atoms with Crippen molar-refractivity contribution < 1.29 is 14.9 Å². The predicted octanol–water partition coefficient (Wildman–Crippen LogP) is 2.75. The standard InChI is InChI=1S/C17H25N3O2.2ClH.H2O/c1-17(2,19-9-4-11-20-12-10-18-14-20)13-22-16-7-5-15(21-3)6-8-16;;;/h5-8,10,12,14,19H,4,9,11,13H2,1-3H3;2*1H;1H2. The van der Waals surface area contributed by atoms with E-state index in [-0.39, 0.29) is 35.8 Å². The lowest BCUT2D eigenvalue weighted by atomic mass is 10.1. The molecule has 2 aromatic rings. The van der Waals surface area contributed by atoms with Gasteiger partial charge in [0.25, 0.3) is 0 Å². The van der Waals surface area contributed by atoms with Gasteiger partial charge in [-0.2, -0.15) is 0 Å². The molecule has 0 saturated heterocycles. The number of aryl methyl sites for hydroxylation is 1. The molecule has 0 saturated carbocycles. The molecule has 144 valence electrons. The first-order valence-corrected chi connectivity index (χ1v) is 7.57. The molecule has 0 atom stereocenters. The summed E-state index contributed by atoms with van der Waals surface area (Å²) in [6, 6.07) is 7.66. The van der Waals surface area contributed by atoms with Crippen molar-refractivity contribution in [2.24, 2.45) is 0 Å². The van der Waals surface area contributed by atoms with E-state index in [0.717, 1.165) is 31.0 Å². The molecule has 0 radical (unpaired) electrons. The van der Waals surface area contributed by atoms with Crippen molar-refractivity contribution in [3.63, 3.8) is 0 Å². The van der Waals surface area contributed by atoms with Gasteiger partial charge < -0.3 is 24.8 Å². The third kappa shape index (κ3) is 9.55. The molecule has 1 heterocycles. The van der Waals surface area contributed by atoms with Gasteiger partial charge in [-0.1, -0.05) is 0 Å². The lowest BCUT2D eigenvalue weighted by Gasteiger charge is -2.26. The minimum absolute atomic E-state index is 0. The van der Waals surface area contributed by atoms with Gasteiger partial charge in [0.2, 0.25) is 0 Å². The number of nitrogens with zero attached hydrogens (tertiary/aromatic N) is 2. The molecule has 0 aliphatic carbocycles. The molecule has 0 spiro atoms. The fourth-order valence-corrected chi connectivity index (χ4v) is 2.09. The molecule has 0 bridgehead atoms. The van der Waals surface area contributed by atoms with Crippen LogP contribution >= 0.6 is 24.8 Å². The molecule has 6 nitrogen and oxygen atoms in total. The Bertz CT molecular complexity index is 549. The van der Waals surface area contributed by atoms with Crippen LogP contribution < -0.4 is 14.8 Å². The van der Waals surface area contributed by atoms with E-state index < -0.39 is 0 Å². The summed E-state index contributed by atoms with van der Waals surface area (Å²) in [5, 5.41) is 3.53. The maximum absolute atomic E-state index is 5.84. The van der Waals surface area contributed by atoms with Crippen molar-refractivity contribution in [3.05, 3.63) is 43.0 Å². The minimum atomic E-state index is -0.0745. The molecule has 8 heteroatoms. The zero-order valence-electron chi connectivity index (χ0n) is 14.9. The van der Waals surface area contributed by atoms with E-state index in [4.69, 9.17) is 9.47 Å². The van der Waals surface area contributed by atoms with E-state index in [0.29, 0.717) is 6.61 Å². The normalized spacial score (nSPS) is 10.0. The van der Waals surface area contributed by atoms with Gasteiger partial charge in [-0.3, -0.25) is 0 Å². The number of methoxy groups -OCH3 is 1. The van der Waals surface area contributed by atoms with Crippen molar-refractivity contribution in [1.82, 2.24) is 14.9 Å². The molecule has 0 unspecified atom stereocenters. The Morgan fingerprint density at radius 3 is 2.32 bits per heavy atom. The Kier molecular flexibility index (Phi) is 13.2. The summed E-state index contributed by atoms with van der Waals surface area (Å²) in [5.41, 5.74) is -0.0745. The fourth-order valence-electron chi connectivity index (χ4n) is 2.09. The maximum Gasteiger partial charge on any atom is 0.119 e. The number of halogens is 2. The Morgan fingerprint density at radius 1 is 1.12 bits per heavy atom. The van der Waals surface area contributed by atoms with Crippen LogP contribution in [0.25, 0.3) is 0 Å². The highest BCUT2D eigenvalue weighted by Crippen LogP contribution is 2.18. The van der Waals surface area contributed by atoms with Crippen LogP contribution in [-0.4, -0.2) is 40.8 Å². The minimum Gasteiger partial charge on any atom is -0.497 e. The third-order valence-corrected chi connectivity index (χ3v) is 3.41. The maximum atomic E-state index is 5.84. The van der Waals surface area contributed by atoms with Crippen LogP contribution in [0, 0.1) is 0 Å². The van der Waals surface area contributed by atoms with Crippen molar-refractivity contribution in [3.8, 4) is 11.5 Å². The topological polar surface area (TPSA) is 79.8 Å². The number of benzene rings is 1. The van der Waals surface area contributed by atoms with Gasteiger partial charge in [-0.05, 0) is 51.1 Å². The van der Waals surface area contributed by atoms with E-state index >= 15 is 0 Å². The van der Waals surface area contributed by atoms with E-state index in [2.05, 4.69) is 28.7 Å². The molecule has 3 N–H and O–H groups in total. The lowest BCUT2D eigenvalue weighted by molar-refractivity contribution is 0.207. The third-order valence-electron chi connectivity index (χ3n) is 3.41. The monoisotopic (exact) mass is 393 g/mol.